The van der Waals surface area contributed by atoms with Gasteiger partial charge in [-0.2, -0.15) is 5.10 Å². The third-order valence-electron chi connectivity index (χ3n) is 2.89. The fraction of sp³-hybridized carbons (Fsp3) is 0.636. The molecule has 5 nitrogen and oxygen atoms in total. The lowest BCUT2D eigenvalue weighted by Gasteiger charge is -2.22. The number of ether oxygens (including phenoxy) is 1. The van der Waals surface area contributed by atoms with Gasteiger partial charge < -0.3 is 10.1 Å². The van der Waals surface area contributed by atoms with Crippen molar-refractivity contribution in [1.82, 2.24) is 15.1 Å². The molecule has 1 N–H and O–H groups in total. The van der Waals surface area contributed by atoms with Crippen LogP contribution >= 0.6 is 11.6 Å². The Labute approximate surface area is 105 Å². The molecule has 94 valence electrons. The lowest BCUT2D eigenvalue weighted by molar-refractivity contribution is 0.0312. The molecule has 0 radical (unpaired) electrons. The predicted molar refractivity (Wildman–Crippen MR) is 64.4 cm³/mol. The van der Waals surface area contributed by atoms with Crippen LogP contribution in [-0.2, 0) is 11.8 Å². The van der Waals surface area contributed by atoms with Crippen LogP contribution in [0.25, 0.3) is 0 Å². The van der Waals surface area contributed by atoms with Crippen molar-refractivity contribution in [2.24, 2.45) is 7.05 Å². The Bertz CT molecular complexity index is 380. The van der Waals surface area contributed by atoms with Crippen LogP contribution in [0.3, 0.4) is 0 Å². The Morgan fingerprint density at radius 3 is 2.94 bits per heavy atom. The van der Waals surface area contributed by atoms with Gasteiger partial charge in [0.15, 0.2) is 0 Å². The number of aryl methyl sites for hydroxylation is 1. The zero-order valence-electron chi connectivity index (χ0n) is 9.78. The number of nitrogens with one attached hydrogen (secondary N) is 1. The van der Waals surface area contributed by atoms with E-state index in [1.54, 1.807) is 7.05 Å². The molecule has 1 aromatic rings. The van der Waals surface area contributed by atoms with Crippen molar-refractivity contribution in [3.8, 4) is 0 Å². The maximum Gasteiger partial charge on any atom is 0.207 e. The molecule has 17 heavy (non-hydrogen) atoms. The number of nitrogens with zero attached hydrogens (tertiary/aromatic N) is 2. The van der Waals surface area contributed by atoms with Gasteiger partial charge in [-0.05, 0) is 25.9 Å². The minimum atomic E-state index is -0.117. The second-order valence-electron chi connectivity index (χ2n) is 4.15. The number of piperidine rings is 1. The third kappa shape index (κ3) is 3.06. The molecule has 0 unspecified atom stereocenters. The highest BCUT2D eigenvalue weighted by Crippen LogP contribution is 2.15. The number of hydrogen-bond donors (Lipinski definition) is 1. The van der Waals surface area contributed by atoms with Crippen molar-refractivity contribution in [2.75, 3.05) is 19.7 Å². The average Bonchev–Trinajstić information content (AvgIpc) is 2.67. The van der Waals surface area contributed by atoms with Crippen LogP contribution in [-0.4, -0.2) is 41.4 Å². The van der Waals surface area contributed by atoms with Crippen LogP contribution < -0.4 is 5.32 Å². The summed E-state index contributed by atoms with van der Waals surface area (Å²) in [6.07, 6.45) is 3.55. The monoisotopic (exact) mass is 257 g/mol. The molecule has 1 aliphatic rings. The Hall–Kier alpha value is -0.910. The van der Waals surface area contributed by atoms with Gasteiger partial charge in [-0.25, -0.2) is 0 Å². The molecule has 0 atom stereocenters. The quantitative estimate of drug-likeness (QED) is 0.819. The molecular weight excluding hydrogens is 242 g/mol. The van der Waals surface area contributed by atoms with Gasteiger partial charge in [0.05, 0.1) is 17.3 Å². The van der Waals surface area contributed by atoms with E-state index in [1.807, 2.05) is 0 Å². The normalized spacial score (nSPS) is 17.3. The van der Waals surface area contributed by atoms with Crippen LogP contribution in [0.1, 0.15) is 23.3 Å². The maximum absolute atomic E-state index is 11.9. The Morgan fingerprint density at radius 2 is 2.35 bits per heavy atom. The fourth-order valence-electron chi connectivity index (χ4n) is 1.95. The van der Waals surface area contributed by atoms with Crippen molar-refractivity contribution < 1.29 is 9.53 Å². The Morgan fingerprint density at radius 1 is 1.65 bits per heavy atom. The highest BCUT2D eigenvalue weighted by Gasteiger charge is 2.19. The van der Waals surface area contributed by atoms with Gasteiger partial charge >= 0.3 is 0 Å². The van der Waals surface area contributed by atoms with Crippen molar-refractivity contribution in [3.05, 3.63) is 16.9 Å². The summed E-state index contributed by atoms with van der Waals surface area (Å²) in [5, 5.41) is 7.56. The van der Waals surface area contributed by atoms with E-state index in [-0.39, 0.29) is 18.5 Å². The highest BCUT2D eigenvalue weighted by molar-refractivity contribution is 6.33. The van der Waals surface area contributed by atoms with Gasteiger partial charge in [0.25, 0.3) is 0 Å². The summed E-state index contributed by atoms with van der Waals surface area (Å²) in [6.45, 7) is 1.97. The van der Waals surface area contributed by atoms with Crippen molar-refractivity contribution in [3.63, 3.8) is 0 Å². The van der Waals surface area contributed by atoms with Crippen LogP contribution in [0.15, 0.2) is 6.20 Å². The molecule has 1 aromatic heterocycles. The first kappa shape index (κ1) is 12.5. The van der Waals surface area contributed by atoms with Gasteiger partial charge in [0, 0.05) is 7.05 Å². The summed E-state index contributed by atoms with van der Waals surface area (Å²) < 4.78 is 7.07. The molecule has 1 aliphatic heterocycles. The zero-order chi connectivity index (χ0) is 12.3. The lowest BCUT2D eigenvalue weighted by Crippen LogP contribution is -2.33. The molecule has 0 saturated carbocycles. The third-order valence-corrected chi connectivity index (χ3v) is 3.17. The van der Waals surface area contributed by atoms with E-state index < -0.39 is 0 Å². The molecule has 2 heterocycles. The van der Waals surface area contributed by atoms with E-state index in [9.17, 15) is 4.79 Å². The number of ketones is 1. The summed E-state index contributed by atoms with van der Waals surface area (Å²) in [5.41, 5.74) is 0.417. The largest absolute Gasteiger partial charge is 0.370 e. The maximum atomic E-state index is 11.9. The highest BCUT2D eigenvalue weighted by atomic mass is 35.5. The van der Waals surface area contributed by atoms with Crippen molar-refractivity contribution in [1.29, 1.82) is 0 Å². The predicted octanol–water partition coefficient (Wildman–Crippen LogP) is 1.02. The second-order valence-corrected chi connectivity index (χ2v) is 4.56. The van der Waals surface area contributed by atoms with Crippen molar-refractivity contribution >= 4 is 17.4 Å². The van der Waals surface area contributed by atoms with Gasteiger partial charge in [-0.15, -0.1) is 0 Å². The molecule has 0 amide bonds. The number of aromatic nitrogens is 2. The van der Waals surface area contributed by atoms with E-state index in [4.69, 9.17) is 16.3 Å². The summed E-state index contributed by atoms with van der Waals surface area (Å²) in [4.78, 5) is 11.9. The standard InChI is InChI=1S/C11H16ClN3O2/c1-15-11(9(12)6-14-15)10(16)7-17-8-2-4-13-5-3-8/h6,8,13H,2-5,7H2,1H3. The lowest BCUT2D eigenvalue weighted by atomic mass is 10.1. The molecule has 0 aliphatic carbocycles. The van der Waals surface area contributed by atoms with Gasteiger partial charge in [0.2, 0.25) is 5.78 Å². The molecule has 2 rings (SSSR count). The number of carbonyl (C=O) groups excluding carboxylic acids is 1. The van der Waals surface area contributed by atoms with Crippen LogP contribution in [0, 0.1) is 0 Å². The van der Waals surface area contributed by atoms with Crippen molar-refractivity contribution in [2.45, 2.75) is 18.9 Å². The van der Waals surface area contributed by atoms with Gasteiger partial charge in [-0.1, -0.05) is 11.6 Å². The molecule has 0 aromatic carbocycles. The van der Waals surface area contributed by atoms with E-state index in [2.05, 4.69) is 10.4 Å². The molecule has 0 bridgehead atoms. The zero-order valence-corrected chi connectivity index (χ0v) is 10.5. The topological polar surface area (TPSA) is 56.2 Å². The summed E-state index contributed by atoms with van der Waals surface area (Å²) >= 11 is 5.89. The minimum Gasteiger partial charge on any atom is -0.370 e. The summed E-state index contributed by atoms with van der Waals surface area (Å²) in [6, 6.07) is 0. The number of Topliss-reactive ketones (excluding diaryl/α,β-unsaturated/α-hetero) is 1. The van der Waals surface area contributed by atoms with E-state index >= 15 is 0 Å². The number of halogens is 1. The molecule has 0 spiro atoms. The summed E-state index contributed by atoms with van der Waals surface area (Å²) in [5.74, 6) is -0.117. The Balaban J connectivity index is 1.89. The smallest absolute Gasteiger partial charge is 0.207 e. The molecule has 1 saturated heterocycles. The average molecular weight is 258 g/mol. The van der Waals surface area contributed by atoms with E-state index in [1.165, 1.54) is 10.9 Å². The van der Waals surface area contributed by atoms with Gasteiger partial charge in [0.1, 0.15) is 12.3 Å². The number of rotatable bonds is 4. The fourth-order valence-corrected chi connectivity index (χ4v) is 2.22. The number of hydrogen-bond acceptors (Lipinski definition) is 4. The second kappa shape index (κ2) is 5.62. The first-order valence-corrected chi connectivity index (χ1v) is 6.09. The first-order valence-electron chi connectivity index (χ1n) is 5.71. The van der Waals surface area contributed by atoms with Crippen LogP contribution in [0.4, 0.5) is 0 Å². The van der Waals surface area contributed by atoms with Crippen LogP contribution in [0.2, 0.25) is 5.02 Å². The number of carbonyl (C=O) groups is 1. The molecule has 6 heteroatoms. The molecule has 1 fully saturated rings. The van der Waals surface area contributed by atoms with Gasteiger partial charge in [-0.3, -0.25) is 9.48 Å². The summed E-state index contributed by atoms with van der Waals surface area (Å²) in [7, 11) is 1.70. The minimum absolute atomic E-state index is 0.0733. The Kier molecular flexibility index (Phi) is 4.15. The molecular formula is C11H16ClN3O2. The first-order chi connectivity index (χ1) is 8.18. The van der Waals surface area contributed by atoms with E-state index in [0.717, 1.165) is 25.9 Å². The van der Waals surface area contributed by atoms with E-state index in [0.29, 0.717) is 10.7 Å². The SMILES string of the molecule is Cn1ncc(Cl)c1C(=O)COC1CCNCC1. The van der Waals surface area contributed by atoms with Crippen LogP contribution in [0.5, 0.6) is 0 Å².